The first-order valence-electron chi connectivity index (χ1n) is 6.68. The average Bonchev–Trinajstić information content (AvgIpc) is 3.17. The Balaban J connectivity index is 1.66. The van der Waals surface area contributed by atoms with Gasteiger partial charge in [0.1, 0.15) is 0 Å². The minimum Gasteiger partial charge on any atom is -0.454 e. The van der Waals surface area contributed by atoms with Crippen molar-refractivity contribution in [3.05, 3.63) is 29.3 Å². The van der Waals surface area contributed by atoms with E-state index in [1.807, 2.05) is 6.07 Å². The minimum atomic E-state index is 0.309. The number of thiazole rings is 1. The number of nitrogen functional groups attached to an aromatic ring is 1. The number of nitrogens with zero attached hydrogens (tertiary/aromatic N) is 2. The molecule has 1 atom stereocenters. The van der Waals surface area contributed by atoms with Crippen LogP contribution in [-0.4, -0.2) is 18.3 Å². The highest BCUT2D eigenvalue weighted by molar-refractivity contribution is 7.13. The number of anilines is 2. The summed E-state index contributed by atoms with van der Waals surface area (Å²) < 4.78 is 10.8. The van der Waals surface area contributed by atoms with Crippen LogP contribution in [0, 0.1) is 0 Å². The van der Waals surface area contributed by atoms with Crippen molar-refractivity contribution in [2.75, 3.05) is 24.0 Å². The molecule has 2 aliphatic rings. The smallest absolute Gasteiger partial charge is 0.231 e. The molecule has 5 nitrogen and oxygen atoms in total. The summed E-state index contributed by atoms with van der Waals surface area (Å²) in [4.78, 5) is 6.81. The van der Waals surface area contributed by atoms with Crippen molar-refractivity contribution in [1.82, 2.24) is 4.98 Å². The van der Waals surface area contributed by atoms with E-state index in [0.717, 1.165) is 42.3 Å². The maximum Gasteiger partial charge on any atom is 0.231 e. The Bertz CT molecular complexity index is 643. The van der Waals surface area contributed by atoms with E-state index in [9.17, 15) is 0 Å². The first kappa shape index (κ1) is 11.8. The zero-order chi connectivity index (χ0) is 13.5. The molecular formula is C14H15N3O2S. The highest BCUT2D eigenvalue weighted by Crippen LogP contribution is 2.41. The first-order chi connectivity index (χ1) is 9.81. The molecule has 1 aromatic heterocycles. The van der Waals surface area contributed by atoms with Crippen molar-refractivity contribution in [2.45, 2.75) is 18.9 Å². The topological polar surface area (TPSA) is 60.6 Å². The third-order valence-electron chi connectivity index (χ3n) is 3.82. The molecule has 20 heavy (non-hydrogen) atoms. The van der Waals surface area contributed by atoms with Gasteiger partial charge in [0.05, 0.1) is 11.7 Å². The SMILES string of the molecule is Nc1nc([C@H]2CCCN2c2ccc3c(c2)OCO3)cs1. The molecule has 104 valence electrons. The third-order valence-corrected chi connectivity index (χ3v) is 4.51. The summed E-state index contributed by atoms with van der Waals surface area (Å²) in [5.41, 5.74) is 7.98. The fourth-order valence-electron chi connectivity index (χ4n) is 2.90. The minimum absolute atomic E-state index is 0.309. The summed E-state index contributed by atoms with van der Waals surface area (Å²) >= 11 is 1.50. The monoisotopic (exact) mass is 289 g/mol. The zero-order valence-electron chi connectivity index (χ0n) is 10.9. The van der Waals surface area contributed by atoms with E-state index in [-0.39, 0.29) is 0 Å². The maximum atomic E-state index is 5.76. The number of rotatable bonds is 2. The van der Waals surface area contributed by atoms with Gasteiger partial charge in [0.25, 0.3) is 0 Å². The van der Waals surface area contributed by atoms with Gasteiger partial charge in [-0.1, -0.05) is 0 Å². The Morgan fingerprint density at radius 1 is 1.30 bits per heavy atom. The molecule has 2 aliphatic heterocycles. The number of hydrogen-bond donors (Lipinski definition) is 1. The number of fused-ring (bicyclic) bond motifs is 1. The second kappa shape index (κ2) is 4.56. The number of benzene rings is 1. The Kier molecular flexibility index (Phi) is 2.70. The van der Waals surface area contributed by atoms with Gasteiger partial charge in [-0.25, -0.2) is 4.98 Å². The van der Waals surface area contributed by atoms with E-state index >= 15 is 0 Å². The molecule has 3 heterocycles. The van der Waals surface area contributed by atoms with Gasteiger partial charge in [0.2, 0.25) is 6.79 Å². The average molecular weight is 289 g/mol. The van der Waals surface area contributed by atoms with Gasteiger partial charge in [0.15, 0.2) is 16.6 Å². The van der Waals surface area contributed by atoms with Crippen LogP contribution in [0.4, 0.5) is 10.8 Å². The van der Waals surface area contributed by atoms with Gasteiger partial charge in [-0.3, -0.25) is 0 Å². The second-order valence-electron chi connectivity index (χ2n) is 5.00. The lowest BCUT2D eigenvalue weighted by Crippen LogP contribution is -2.22. The standard InChI is InChI=1S/C14H15N3O2S/c15-14-16-10(7-20-14)11-2-1-5-17(11)9-3-4-12-13(6-9)19-8-18-12/h3-4,6-7,11H,1-2,5,8H2,(H2,15,16)/t11-/m1/s1. The van der Waals surface area contributed by atoms with E-state index in [1.54, 1.807) is 0 Å². The summed E-state index contributed by atoms with van der Waals surface area (Å²) in [6.45, 7) is 1.34. The van der Waals surface area contributed by atoms with Crippen LogP contribution in [-0.2, 0) is 0 Å². The van der Waals surface area contributed by atoms with Crippen molar-refractivity contribution in [3.63, 3.8) is 0 Å². The molecule has 0 bridgehead atoms. The van der Waals surface area contributed by atoms with Gasteiger partial charge in [-0.2, -0.15) is 0 Å². The molecular weight excluding hydrogens is 274 g/mol. The lowest BCUT2D eigenvalue weighted by atomic mass is 10.1. The number of nitrogens with two attached hydrogens (primary N) is 1. The van der Waals surface area contributed by atoms with Crippen LogP contribution in [0.2, 0.25) is 0 Å². The van der Waals surface area contributed by atoms with Crippen LogP contribution < -0.4 is 20.1 Å². The summed E-state index contributed by atoms with van der Waals surface area (Å²) in [5, 5.41) is 2.70. The van der Waals surface area contributed by atoms with Crippen LogP contribution in [0.15, 0.2) is 23.6 Å². The van der Waals surface area contributed by atoms with Crippen LogP contribution in [0.5, 0.6) is 11.5 Å². The third kappa shape index (κ3) is 1.87. The van der Waals surface area contributed by atoms with Crippen LogP contribution in [0.1, 0.15) is 24.6 Å². The Labute approximate surface area is 120 Å². The van der Waals surface area contributed by atoms with E-state index in [4.69, 9.17) is 15.2 Å². The lowest BCUT2D eigenvalue weighted by molar-refractivity contribution is 0.174. The molecule has 0 spiro atoms. The summed E-state index contributed by atoms with van der Waals surface area (Å²) in [6, 6.07) is 6.42. The van der Waals surface area contributed by atoms with E-state index in [1.165, 1.54) is 11.3 Å². The highest BCUT2D eigenvalue weighted by Gasteiger charge is 2.29. The van der Waals surface area contributed by atoms with Gasteiger partial charge < -0.3 is 20.1 Å². The van der Waals surface area contributed by atoms with Crippen molar-refractivity contribution >= 4 is 22.2 Å². The van der Waals surface area contributed by atoms with E-state index in [0.29, 0.717) is 18.0 Å². The van der Waals surface area contributed by atoms with E-state index in [2.05, 4.69) is 27.4 Å². The summed E-state index contributed by atoms with van der Waals surface area (Å²) in [5.74, 6) is 1.65. The molecule has 1 saturated heterocycles. The number of aromatic nitrogens is 1. The largest absolute Gasteiger partial charge is 0.454 e. The van der Waals surface area contributed by atoms with Gasteiger partial charge in [-0.05, 0) is 25.0 Å². The first-order valence-corrected chi connectivity index (χ1v) is 7.56. The predicted molar refractivity (Wildman–Crippen MR) is 78.4 cm³/mol. The Morgan fingerprint density at radius 3 is 3.05 bits per heavy atom. The fourth-order valence-corrected chi connectivity index (χ4v) is 3.51. The Hall–Kier alpha value is -1.95. The highest BCUT2D eigenvalue weighted by atomic mass is 32.1. The Morgan fingerprint density at radius 2 is 2.20 bits per heavy atom. The normalized spacial score (nSPS) is 20.6. The molecule has 0 unspecified atom stereocenters. The van der Waals surface area contributed by atoms with Crippen LogP contribution >= 0.6 is 11.3 Å². The number of hydrogen-bond acceptors (Lipinski definition) is 6. The second-order valence-corrected chi connectivity index (χ2v) is 5.89. The van der Waals surface area contributed by atoms with Crippen molar-refractivity contribution in [3.8, 4) is 11.5 Å². The van der Waals surface area contributed by atoms with E-state index < -0.39 is 0 Å². The zero-order valence-corrected chi connectivity index (χ0v) is 11.7. The summed E-state index contributed by atoms with van der Waals surface area (Å²) in [6.07, 6.45) is 2.27. The molecule has 0 radical (unpaired) electrons. The number of ether oxygens (including phenoxy) is 2. The molecule has 2 aromatic rings. The molecule has 4 rings (SSSR count). The summed E-state index contributed by atoms with van der Waals surface area (Å²) in [7, 11) is 0. The molecule has 6 heteroatoms. The van der Waals surface area contributed by atoms with Crippen molar-refractivity contribution in [2.24, 2.45) is 0 Å². The molecule has 0 amide bonds. The molecule has 0 saturated carbocycles. The van der Waals surface area contributed by atoms with Crippen molar-refractivity contribution < 1.29 is 9.47 Å². The van der Waals surface area contributed by atoms with Gasteiger partial charge in [0, 0.05) is 23.7 Å². The predicted octanol–water partition coefficient (Wildman–Crippen LogP) is 2.80. The van der Waals surface area contributed by atoms with Crippen LogP contribution in [0.25, 0.3) is 0 Å². The van der Waals surface area contributed by atoms with Crippen molar-refractivity contribution in [1.29, 1.82) is 0 Å². The molecule has 0 aliphatic carbocycles. The van der Waals surface area contributed by atoms with Crippen LogP contribution in [0.3, 0.4) is 0 Å². The van der Waals surface area contributed by atoms with Gasteiger partial charge in [-0.15, -0.1) is 11.3 Å². The molecule has 1 aromatic carbocycles. The quantitative estimate of drug-likeness (QED) is 0.921. The maximum absolute atomic E-state index is 5.76. The molecule has 1 fully saturated rings. The molecule has 2 N–H and O–H groups in total. The lowest BCUT2D eigenvalue weighted by Gasteiger charge is -2.25. The fraction of sp³-hybridized carbons (Fsp3) is 0.357. The van der Waals surface area contributed by atoms with Gasteiger partial charge >= 0.3 is 0 Å².